The van der Waals surface area contributed by atoms with E-state index in [2.05, 4.69) is 0 Å². The van der Waals surface area contributed by atoms with Crippen molar-refractivity contribution in [3.63, 3.8) is 0 Å². The van der Waals surface area contributed by atoms with Crippen LogP contribution in [0.2, 0.25) is 0 Å². The van der Waals surface area contributed by atoms with E-state index in [1.807, 2.05) is 24.3 Å². The number of rotatable bonds is 4. The quantitative estimate of drug-likeness (QED) is 0.607. The molecule has 0 fully saturated rings. The van der Waals surface area contributed by atoms with Gasteiger partial charge in [-0.3, -0.25) is 10.2 Å². The number of nitrogens with two attached hydrogens (primary N) is 1. The third-order valence-electron chi connectivity index (χ3n) is 3.15. The number of fused-ring (bicyclic) bond motifs is 1. The van der Waals surface area contributed by atoms with Gasteiger partial charge in [0.15, 0.2) is 0 Å². The number of amidine groups is 1. The van der Waals surface area contributed by atoms with Crippen LogP contribution >= 0.6 is 0 Å². The fraction of sp³-hybridized carbons (Fsp3) is 0.385. The van der Waals surface area contributed by atoms with Gasteiger partial charge in [0.1, 0.15) is 11.9 Å². The molecule has 5 nitrogen and oxygen atoms in total. The number of hydrogen-bond acceptors (Lipinski definition) is 3. The molecule has 18 heavy (non-hydrogen) atoms. The first kappa shape index (κ1) is 12.6. The van der Waals surface area contributed by atoms with Crippen molar-refractivity contribution in [2.45, 2.75) is 12.5 Å². The minimum Gasteiger partial charge on any atom is -0.386 e. The Morgan fingerprint density at radius 2 is 2.28 bits per heavy atom. The molecule has 1 aromatic carbocycles. The van der Waals surface area contributed by atoms with Crippen LogP contribution in [-0.2, 0) is 16.0 Å². The van der Waals surface area contributed by atoms with Gasteiger partial charge in [0.25, 0.3) is 0 Å². The zero-order chi connectivity index (χ0) is 13.1. The number of nitrogens with one attached hydrogen (secondary N) is 1. The molecule has 0 saturated carbocycles. The highest BCUT2D eigenvalue weighted by Gasteiger charge is 2.33. The normalized spacial score (nSPS) is 18.6. The predicted octanol–water partition coefficient (Wildman–Crippen LogP) is 0.695. The van der Waals surface area contributed by atoms with Crippen LogP contribution in [-0.4, -0.2) is 36.9 Å². The number of carbonyl (C=O) groups is 1. The van der Waals surface area contributed by atoms with E-state index in [0.717, 1.165) is 11.1 Å². The van der Waals surface area contributed by atoms with Gasteiger partial charge < -0.3 is 15.4 Å². The lowest BCUT2D eigenvalue weighted by Crippen LogP contribution is -2.47. The maximum atomic E-state index is 12.1. The lowest BCUT2D eigenvalue weighted by atomic mass is 9.91. The van der Waals surface area contributed by atoms with Crippen molar-refractivity contribution in [2.75, 3.05) is 20.3 Å². The van der Waals surface area contributed by atoms with Crippen LogP contribution < -0.4 is 5.73 Å². The lowest BCUT2D eigenvalue weighted by molar-refractivity contribution is -0.133. The largest absolute Gasteiger partial charge is 0.386 e. The Morgan fingerprint density at radius 1 is 1.56 bits per heavy atom. The van der Waals surface area contributed by atoms with Gasteiger partial charge in [-0.05, 0) is 11.1 Å². The minimum absolute atomic E-state index is 0.00777. The maximum Gasteiger partial charge on any atom is 0.227 e. The summed E-state index contributed by atoms with van der Waals surface area (Å²) in [6.45, 7) is 0.894. The maximum absolute atomic E-state index is 12.1. The SMILES string of the molecule is COCCN1C(=O)Cc2ccccc2C1C(=N)N. The highest BCUT2D eigenvalue weighted by atomic mass is 16.5. The van der Waals surface area contributed by atoms with Crippen LogP contribution in [0.3, 0.4) is 0 Å². The Hall–Kier alpha value is -1.88. The Labute approximate surface area is 106 Å². The summed E-state index contributed by atoms with van der Waals surface area (Å²) in [5, 5.41) is 7.72. The fourth-order valence-electron chi connectivity index (χ4n) is 2.32. The van der Waals surface area contributed by atoms with E-state index in [9.17, 15) is 4.79 Å². The van der Waals surface area contributed by atoms with Crippen molar-refractivity contribution in [1.82, 2.24) is 4.90 Å². The smallest absolute Gasteiger partial charge is 0.227 e. The van der Waals surface area contributed by atoms with Crippen LogP contribution in [0.5, 0.6) is 0 Å². The Kier molecular flexibility index (Phi) is 3.62. The van der Waals surface area contributed by atoms with Crippen molar-refractivity contribution in [2.24, 2.45) is 5.73 Å². The summed E-state index contributed by atoms with van der Waals surface area (Å²) in [6.07, 6.45) is 0.365. The minimum atomic E-state index is -0.461. The third-order valence-corrected chi connectivity index (χ3v) is 3.15. The van der Waals surface area contributed by atoms with Crippen molar-refractivity contribution >= 4 is 11.7 Å². The number of nitrogens with zero attached hydrogens (tertiary/aromatic N) is 1. The highest BCUT2D eigenvalue weighted by Crippen LogP contribution is 2.29. The summed E-state index contributed by atoms with van der Waals surface area (Å²) in [5.41, 5.74) is 7.56. The van der Waals surface area contributed by atoms with Crippen molar-refractivity contribution < 1.29 is 9.53 Å². The van der Waals surface area contributed by atoms with Gasteiger partial charge in [-0.15, -0.1) is 0 Å². The van der Waals surface area contributed by atoms with Gasteiger partial charge in [-0.2, -0.15) is 0 Å². The number of methoxy groups -OCH3 is 1. The fourth-order valence-corrected chi connectivity index (χ4v) is 2.32. The molecule has 2 rings (SSSR count). The second kappa shape index (κ2) is 5.18. The van der Waals surface area contributed by atoms with Crippen LogP contribution in [0, 0.1) is 5.41 Å². The van der Waals surface area contributed by atoms with Gasteiger partial charge in [-0.25, -0.2) is 0 Å². The molecule has 1 amide bonds. The zero-order valence-electron chi connectivity index (χ0n) is 10.3. The summed E-state index contributed by atoms with van der Waals surface area (Å²) in [7, 11) is 1.59. The van der Waals surface area contributed by atoms with E-state index in [0.29, 0.717) is 19.6 Å². The topological polar surface area (TPSA) is 79.4 Å². The van der Waals surface area contributed by atoms with Crippen molar-refractivity contribution in [1.29, 1.82) is 5.41 Å². The van der Waals surface area contributed by atoms with Crippen LogP contribution in [0.15, 0.2) is 24.3 Å². The zero-order valence-corrected chi connectivity index (χ0v) is 10.3. The summed E-state index contributed by atoms with van der Waals surface area (Å²) in [6, 6.07) is 7.18. The van der Waals surface area contributed by atoms with Crippen LogP contribution in [0.4, 0.5) is 0 Å². The van der Waals surface area contributed by atoms with Gasteiger partial charge in [-0.1, -0.05) is 24.3 Å². The van der Waals surface area contributed by atoms with Crippen LogP contribution in [0.25, 0.3) is 0 Å². The van der Waals surface area contributed by atoms with Gasteiger partial charge in [0.2, 0.25) is 5.91 Å². The molecule has 0 saturated heterocycles. The molecule has 0 aliphatic carbocycles. The average molecular weight is 247 g/mol. The van der Waals surface area contributed by atoms with E-state index in [-0.39, 0.29) is 11.7 Å². The van der Waals surface area contributed by atoms with Crippen molar-refractivity contribution in [3.8, 4) is 0 Å². The molecule has 1 atom stereocenters. The van der Waals surface area contributed by atoms with E-state index in [4.69, 9.17) is 15.9 Å². The van der Waals surface area contributed by atoms with E-state index in [1.54, 1.807) is 12.0 Å². The lowest BCUT2D eigenvalue weighted by Gasteiger charge is -2.36. The summed E-state index contributed by atoms with van der Waals surface area (Å²) in [4.78, 5) is 13.7. The molecule has 1 unspecified atom stereocenters. The predicted molar refractivity (Wildman–Crippen MR) is 68.4 cm³/mol. The molecule has 0 bridgehead atoms. The number of hydrogen-bond donors (Lipinski definition) is 2. The summed E-state index contributed by atoms with van der Waals surface area (Å²) >= 11 is 0. The molecule has 0 radical (unpaired) electrons. The summed E-state index contributed by atoms with van der Waals surface area (Å²) in [5.74, 6) is -0.0162. The molecule has 96 valence electrons. The molecule has 1 aromatic rings. The average Bonchev–Trinajstić information content (AvgIpc) is 2.35. The number of benzene rings is 1. The second-order valence-corrected chi connectivity index (χ2v) is 4.31. The monoisotopic (exact) mass is 247 g/mol. The van der Waals surface area contributed by atoms with Crippen molar-refractivity contribution in [3.05, 3.63) is 35.4 Å². The van der Waals surface area contributed by atoms with E-state index < -0.39 is 6.04 Å². The van der Waals surface area contributed by atoms with Crippen LogP contribution in [0.1, 0.15) is 17.2 Å². The molecule has 0 spiro atoms. The van der Waals surface area contributed by atoms with E-state index in [1.165, 1.54) is 0 Å². The van der Waals surface area contributed by atoms with Gasteiger partial charge in [0.05, 0.1) is 13.0 Å². The molecule has 1 heterocycles. The first-order chi connectivity index (χ1) is 8.65. The molecule has 5 heteroatoms. The summed E-state index contributed by atoms with van der Waals surface area (Å²) < 4.78 is 5.00. The third kappa shape index (κ3) is 2.22. The molecular formula is C13H17N3O2. The van der Waals surface area contributed by atoms with Gasteiger partial charge >= 0.3 is 0 Å². The Morgan fingerprint density at radius 3 is 2.94 bits per heavy atom. The Bertz CT molecular complexity index is 473. The Balaban J connectivity index is 2.37. The standard InChI is InChI=1S/C13H17N3O2/c1-18-7-6-16-11(17)8-9-4-2-3-5-10(9)12(16)13(14)15/h2-5,12H,6-8H2,1H3,(H3,14,15). The number of ether oxygens (including phenoxy) is 1. The molecular weight excluding hydrogens is 230 g/mol. The number of carbonyl (C=O) groups excluding carboxylic acids is 1. The van der Waals surface area contributed by atoms with Gasteiger partial charge in [0, 0.05) is 13.7 Å². The molecule has 0 aromatic heterocycles. The first-order valence-corrected chi connectivity index (χ1v) is 5.85. The first-order valence-electron chi connectivity index (χ1n) is 5.85. The second-order valence-electron chi connectivity index (χ2n) is 4.31. The molecule has 1 aliphatic rings. The van der Waals surface area contributed by atoms with E-state index >= 15 is 0 Å². The molecule has 3 N–H and O–H groups in total. The molecule has 1 aliphatic heterocycles. The highest BCUT2D eigenvalue weighted by molar-refractivity contribution is 5.92. The number of amides is 1.